The fourth-order valence-electron chi connectivity index (χ4n) is 7.23. The molecule has 0 saturated carbocycles. The van der Waals surface area contributed by atoms with Gasteiger partial charge in [-0.05, 0) is 52.6 Å². The van der Waals surface area contributed by atoms with Crippen molar-refractivity contribution >= 4 is 93.1 Å². The second-order valence-corrected chi connectivity index (χ2v) is 18.2. The zero-order chi connectivity index (χ0) is 49.2. The summed E-state index contributed by atoms with van der Waals surface area (Å²) in [6.07, 6.45) is 14.8. The maximum Gasteiger partial charge on any atom is 0.328 e. The van der Waals surface area contributed by atoms with Gasteiger partial charge in [0.25, 0.3) is 5.91 Å². The number of nitrogens with zero attached hydrogens (tertiary/aromatic N) is 4. The summed E-state index contributed by atoms with van der Waals surface area (Å²) >= 11 is 0. The molecule has 2 saturated heterocycles. The number of anilines is 2. The molecule has 2 aliphatic rings. The number of aliphatic carboxylic acids is 2. The van der Waals surface area contributed by atoms with E-state index >= 15 is 0 Å². The van der Waals surface area contributed by atoms with Crippen LogP contribution in [0.4, 0.5) is 11.4 Å². The normalized spacial score (nSPS) is 19.3. The molecule has 0 spiro atoms. The molecule has 0 radical (unpaired) electrons. The molecule has 3 aromatic rings. The van der Waals surface area contributed by atoms with E-state index in [0.29, 0.717) is 31.5 Å². The molecule has 2 aromatic carbocycles. The first kappa shape index (κ1) is 52.2. The van der Waals surface area contributed by atoms with Gasteiger partial charge in [0.1, 0.15) is 30.7 Å². The molecule has 6 unspecified atom stereocenters. The Morgan fingerprint density at radius 2 is 1.19 bits per heavy atom. The minimum atomic E-state index is -1.28. The van der Waals surface area contributed by atoms with E-state index in [4.69, 9.17) is 9.47 Å². The highest BCUT2D eigenvalue weighted by Crippen LogP contribution is 2.29. The van der Waals surface area contributed by atoms with Gasteiger partial charge in [-0.25, -0.2) is 19.2 Å². The number of nitrogens with one attached hydrogen (secondary N) is 2. The number of hydrogen-bond acceptors (Lipinski definition) is 15. The number of methoxy groups -OCH3 is 2. The summed E-state index contributed by atoms with van der Waals surface area (Å²) in [6.45, 7) is 3.95. The number of amides is 2. The summed E-state index contributed by atoms with van der Waals surface area (Å²) in [5.41, 5.74) is 4.85. The third kappa shape index (κ3) is 15.7. The number of aliphatic hydroxyl groups is 2. The number of hydrogen-bond donors (Lipinski definition) is 6. The Balaban J connectivity index is 1.01. The minimum absolute atomic E-state index is 0.0731. The molecular weight excluding hydrogens is 917 g/mol. The molecule has 6 N–H and O–H groups in total. The number of ether oxygens (including phenoxy) is 2. The van der Waals surface area contributed by atoms with E-state index < -0.39 is 72.1 Å². The molecule has 18 nitrogen and oxygen atoms in total. The van der Waals surface area contributed by atoms with Gasteiger partial charge in [-0.1, -0.05) is 82.8 Å². The molecule has 2 aliphatic heterocycles. The first-order chi connectivity index (χ1) is 32.7. The summed E-state index contributed by atoms with van der Waals surface area (Å²) in [6, 6.07) is 14.9. The van der Waals surface area contributed by atoms with Gasteiger partial charge >= 0.3 is 23.9 Å². The first-order valence-corrected chi connectivity index (χ1v) is 23.9. The van der Waals surface area contributed by atoms with Gasteiger partial charge in [-0.15, -0.1) is 0 Å². The van der Waals surface area contributed by atoms with E-state index in [2.05, 4.69) is 22.2 Å². The predicted molar refractivity (Wildman–Crippen MR) is 261 cm³/mol. The summed E-state index contributed by atoms with van der Waals surface area (Å²) < 4.78 is 11.4. The molecule has 0 aliphatic carbocycles. The van der Waals surface area contributed by atoms with Crippen LogP contribution in [0.15, 0.2) is 108 Å². The van der Waals surface area contributed by atoms with Crippen molar-refractivity contribution in [3.05, 3.63) is 120 Å². The molecule has 0 bridgehead atoms. The zero-order valence-corrected chi connectivity index (χ0v) is 39.1. The van der Waals surface area contributed by atoms with Crippen LogP contribution in [0.3, 0.4) is 0 Å². The van der Waals surface area contributed by atoms with Crippen LogP contribution < -0.4 is 25.0 Å². The van der Waals surface area contributed by atoms with Gasteiger partial charge in [-0.3, -0.25) is 14.6 Å². The first-order valence-electron chi connectivity index (χ1n) is 21.4. The van der Waals surface area contributed by atoms with E-state index in [1.165, 1.54) is 20.4 Å². The number of aliphatic imine (C=N–C) groups is 1. The number of carbonyl (C=O) groups excluding carboxylic acids is 4. The highest BCUT2D eigenvalue weighted by atomic mass is 33.1. The van der Waals surface area contributed by atoms with Crippen LogP contribution >= 0.6 is 21.6 Å². The number of esters is 2. The van der Waals surface area contributed by atoms with Crippen molar-refractivity contribution in [2.75, 3.05) is 55.2 Å². The highest BCUT2D eigenvalue weighted by molar-refractivity contribution is 8.76. The topological polar surface area (TPSA) is 249 Å². The van der Waals surface area contributed by atoms with Crippen LogP contribution in [-0.2, 0) is 44.8 Å². The van der Waals surface area contributed by atoms with Gasteiger partial charge < -0.3 is 50.3 Å². The number of β-amino-alcohol motifs (C(OH)–C–C–N with tert-alkyl or cyclic N) is 2. The van der Waals surface area contributed by atoms with Crippen LogP contribution in [0, 0.1) is 0 Å². The molecule has 5 rings (SSSR count). The minimum Gasteiger partial charge on any atom is -0.480 e. The van der Waals surface area contributed by atoms with E-state index in [0.717, 1.165) is 49.7 Å². The molecule has 2 amide bonds. The average Bonchev–Trinajstić information content (AvgIpc) is 3.93. The van der Waals surface area contributed by atoms with Crippen LogP contribution in [-0.4, -0.2) is 144 Å². The SMILES string of the molecule is C=CC(C=Cc1ccc(N2CC(O)CC2C(=O)OC)cc1)=CC=NCC(=O)NC(CSSCC(NC(=O)C[n+]1ccc(C=Cc2ccc(N3CC(O)CC3C(=O)OC)cc2)cc1)C(=O)O)C(=O)O. The smallest absolute Gasteiger partial charge is 0.328 e. The lowest BCUT2D eigenvalue weighted by Crippen LogP contribution is -2.49. The monoisotopic (exact) mass is 971 g/mol. The van der Waals surface area contributed by atoms with Crippen molar-refractivity contribution in [1.82, 2.24) is 10.6 Å². The Morgan fingerprint density at radius 3 is 1.65 bits per heavy atom. The lowest BCUT2D eigenvalue weighted by Gasteiger charge is -2.24. The summed E-state index contributed by atoms with van der Waals surface area (Å²) in [4.78, 5) is 81.2. The number of aromatic nitrogens is 1. The molecule has 3 heterocycles. The average molecular weight is 972 g/mol. The van der Waals surface area contributed by atoms with Gasteiger partial charge in [0.2, 0.25) is 12.5 Å². The van der Waals surface area contributed by atoms with Crippen LogP contribution in [0.5, 0.6) is 0 Å². The van der Waals surface area contributed by atoms with Crippen molar-refractivity contribution in [3.8, 4) is 0 Å². The Bertz CT molecular complexity index is 2380. The summed E-state index contributed by atoms with van der Waals surface area (Å²) in [7, 11) is 4.72. The number of carboxylic acids is 2. The highest BCUT2D eigenvalue weighted by Gasteiger charge is 2.38. The fourth-order valence-corrected chi connectivity index (χ4v) is 9.55. The van der Waals surface area contributed by atoms with Crippen LogP contribution in [0.2, 0.25) is 0 Å². The van der Waals surface area contributed by atoms with Gasteiger partial charge in [0.05, 0.1) is 26.4 Å². The Hall–Kier alpha value is -6.74. The molecule has 1 aromatic heterocycles. The van der Waals surface area contributed by atoms with E-state index in [1.54, 1.807) is 47.3 Å². The van der Waals surface area contributed by atoms with Gasteiger partial charge in [-0.2, -0.15) is 4.57 Å². The standard InChI is InChI=1S/C48H54N6O12S2/c1-4-31(5-6-32-9-13-35(14-10-32)53-26-37(55)23-41(53)47(63)65-2)17-20-49-25-43(57)50-39(45(59)60)29-67-68-30-40(46(61)62)51-44(58)28-52-21-18-34(19-22-52)8-7-33-11-15-36(16-12-33)54-27-38(56)24-42(54)48(64)66-3/h4-22,37-42,55-56H,1,23-30H2,2-3H3,(H3-,50,51,57,58,59,60,61,62)/p+1. The van der Waals surface area contributed by atoms with Crippen LogP contribution in [0.1, 0.15) is 29.5 Å². The summed E-state index contributed by atoms with van der Waals surface area (Å²) in [5.74, 6) is -4.68. The van der Waals surface area contributed by atoms with Gasteiger partial charge in [0.15, 0.2) is 12.4 Å². The second-order valence-electron chi connectivity index (χ2n) is 15.7. The fraction of sp³-hybridized carbons (Fsp3) is 0.333. The van der Waals surface area contributed by atoms with E-state index in [-0.39, 0.29) is 24.6 Å². The number of benzene rings is 2. The van der Waals surface area contributed by atoms with Crippen molar-refractivity contribution in [2.45, 2.75) is 55.8 Å². The summed E-state index contributed by atoms with van der Waals surface area (Å²) in [5, 5.41) is 44.6. The number of rotatable bonds is 23. The zero-order valence-electron chi connectivity index (χ0n) is 37.5. The Labute approximate surface area is 401 Å². The molecule has 68 heavy (non-hydrogen) atoms. The number of carbonyl (C=O) groups is 6. The molecule has 360 valence electrons. The maximum absolute atomic E-state index is 12.8. The molecule has 20 heteroatoms. The van der Waals surface area contributed by atoms with Crippen molar-refractivity contribution in [1.29, 1.82) is 0 Å². The largest absolute Gasteiger partial charge is 0.480 e. The van der Waals surface area contributed by atoms with Crippen molar-refractivity contribution in [3.63, 3.8) is 0 Å². The number of aliphatic hydroxyl groups excluding tert-OH is 2. The van der Waals surface area contributed by atoms with Crippen molar-refractivity contribution < 1.29 is 63.2 Å². The second kappa shape index (κ2) is 26.0. The van der Waals surface area contributed by atoms with Crippen LogP contribution in [0.25, 0.3) is 18.2 Å². The lowest BCUT2D eigenvalue weighted by atomic mass is 10.1. The Kier molecular flexibility index (Phi) is 20.0. The predicted octanol–water partition coefficient (Wildman–Crippen LogP) is 2.79. The van der Waals surface area contributed by atoms with E-state index in [9.17, 15) is 49.2 Å². The number of pyridine rings is 1. The third-order valence-corrected chi connectivity index (χ3v) is 13.2. The van der Waals surface area contributed by atoms with Crippen molar-refractivity contribution in [2.24, 2.45) is 4.99 Å². The number of allylic oxidation sites excluding steroid dienone is 4. The molecular formula is C48H55N6O12S2+. The van der Waals surface area contributed by atoms with E-state index in [1.807, 2.05) is 76.6 Å². The lowest BCUT2D eigenvalue weighted by molar-refractivity contribution is -0.684. The Morgan fingerprint density at radius 1 is 0.735 bits per heavy atom. The number of carboxylic acid groups (broad SMARTS) is 2. The molecule has 6 atom stereocenters. The maximum atomic E-state index is 12.8. The van der Waals surface area contributed by atoms with Gasteiger partial charge in [0, 0.05) is 67.2 Å². The molecule has 2 fully saturated rings. The quantitative estimate of drug-likeness (QED) is 0.0200. The third-order valence-electron chi connectivity index (χ3n) is 10.8.